The number of carbonyl (C=O) groups is 1. The number of alkyl halides is 3. The molecule has 0 aliphatic heterocycles. The number of aromatic amines is 2. The smallest absolute Gasteiger partial charge is 0.342 e. The first kappa shape index (κ1) is 16.1. The van der Waals surface area contributed by atoms with Crippen molar-refractivity contribution in [2.45, 2.75) is 19.1 Å². The molecular formula is C12H10ClF3N4O2. The molecule has 10 heteroatoms. The van der Waals surface area contributed by atoms with Crippen molar-refractivity contribution in [2.24, 2.45) is 0 Å². The zero-order valence-corrected chi connectivity index (χ0v) is 11.8. The van der Waals surface area contributed by atoms with E-state index in [1.807, 2.05) is 0 Å². The van der Waals surface area contributed by atoms with E-state index in [2.05, 4.69) is 20.5 Å². The van der Waals surface area contributed by atoms with E-state index in [0.717, 1.165) is 12.1 Å². The lowest BCUT2D eigenvalue weighted by Crippen LogP contribution is -2.28. The number of hydrogen-bond acceptors (Lipinski definition) is 3. The first-order valence-corrected chi connectivity index (χ1v) is 6.38. The highest BCUT2D eigenvalue weighted by Crippen LogP contribution is 2.31. The van der Waals surface area contributed by atoms with Crippen molar-refractivity contribution in [1.29, 1.82) is 0 Å². The maximum Gasteiger partial charge on any atom is 0.416 e. The zero-order chi connectivity index (χ0) is 16.5. The molecule has 1 heterocycles. The van der Waals surface area contributed by atoms with Gasteiger partial charge in [-0.05, 0) is 25.1 Å². The van der Waals surface area contributed by atoms with Crippen LogP contribution >= 0.6 is 11.6 Å². The van der Waals surface area contributed by atoms with E-state index in [-0.39, 0.29) is 16.4 Å². The molecule has 0 radical (unpaired) electrons. The van der Waals surface area contributed by atoms with Gasteiger partial charge in [0.25, 0.3) is 5.91 Å². The number of H-pyrrole nitrogens is 2. The van der Waals surface area contributed by atoms with Crippen molar-refractivity contribution >= 4 is 17.5 Å². The number of hydrogen-bond donors (Lipinski definition) is 3. The Morgan fingerprint density at radius 2 is 2.09 bits per heavy atom. The van der Waals surface area contributed by atoms with Gasteiger partial charge in [0, 0.05) is 0 Å². The molecule has 0 fully saturated rings. The van der Waals surface area contributed by atoms with Gasteiger partial charge in [-0.2, -0.15) is 18.3 Å². The molecule has 1 aromatic carbocycles. The second-order valence-electron chi connectivity index (χ2n) is 4.45. The normalized spacial score (nSPS) is 13.0. The van der Waals surface area contributed by atoms with E-state index in [9.17, 15) is 22.8 Å². The lowest BCUT2D eigenvalue weighted by molar-refractivity contribution is -0.137. The monoisotopic (exact) mass is 334 g/mol. The summed E-state index contributed by atoms with van der Waals surface area (Å²) in [6.45, 7) is 1.51. The third-order valence-electron chi connectivity index (χ3n) is 2.82. The van der Waals surface area contributed by atoms with Crippen molar-refractivity contribution in [1.82, 2.24) is 20.5 Å². The molecule has 0 aliphatic rings. The van der Waals surface area contributed by atoms with Gasteiger partial charge in [0.15, 0.2) is 5.82 Å². The third-order valence-corrected chi connectivity index (χ3v) is 3.15. The van der Waals surface area contributed by atoms with Crippen LogP contribution in [-0.4, -0.2) is 21.1 Å². The minimum absolute atomic E-state index is 0.117. The fraction of sp³-hybridized carbons (Fsp3) is 0.250. The molecule has 118 valence electrons. The zero-order valence-electron chi connectivity index (χ0n) is 11.1. The van der Waals surface area contributed by atoms with Gasteiger partial charge < -0.3 is 5.32 Å². The molecule has 0 aliphatic carbocycles. The van der Waals surface area contributed by atoms with Gasteiger partial charge in [0.2, 0.25) is 0 Å². The summed E-state index contributed by atoms with van der Waals surface area (Å²) in [5.74, 6) is -0.672. The summed E-state index contributed by atoms with van der Waals surface area (Å²) in [5.41, 5.74) is -1.86. The molecule has 1 amide bonds. The Balaban J connectivity index is 2.24. The Kier molecular flexibility index (Phi) is 4.27. The molecule has 0 spiro atoms. The number of nitrogens with one attached hydrogen (secondary N) is 3. The Hall–Kier alpha value is -2.29. The predicted octanol–water partition coefficient (Wildman–Crippen LogP) is 2.26. The Morgan fingerprint density at radius 1 is 1.41 bits per heavy atom. The van der Waals surface area contributed by atoms with E-state index in [0.29, 0.717) is 6.07 Å². The minimum Gasteiger partial charge on any atom is -0.342 e. The van der Waals surface area contributed by atoms with Gasteiger partial charge in [0.1, 0.15) is 0 Å². The van der Waals surface area contributed by atoms with Crippen LogP contribution in [-0.2, 0) is 6.18 Å². The lowest BCUT2D eigenvalue weighted by Gasteiger charge is -2.13. The summed E-state index contributed by atoms with van der Waals surface area (Å²) >= 11 is 5.77. The maximum atomic E-state index is 12.7. The van der Waals surface area contributed by atoms with Crippen LogP contribution in [0.15, 0.2) is 23.0 Å². The molecule has 3 N–H and O–H groups in total. The molecule has 1 aromatic heterocycles. The summed E-state index contributed by atoms with van der Waals surface area (Å²) in [4.78, 5) is 25.3. The average Bonchev–Trinajstić information content (AvgIpc) is 2.84. The summed E-state index contributed by atoms with van der Waals surface area (Å²) in [6, 6.07) is 1.73. The molecule has 2 rings (SSSR count). The van der Waals surface area contributed by atoms with E-state index >= 15 is 0 Å². The first-order valence-electron chi connectivity index (χ1n) is 6.00. The molecular weight excluding hydrogens is 325 g/mol. The van der Waals surface area contributed by atoms with Crippen molar-refractivity contribution in [3.63, 3.8) is 0 Å². The number of benzene rings is 1. The molecule has 2 aromatic rings. The van der Waals surface area contributed by atoms with Crippen LogP contribution in [0.25, 0.3) is 0 Å². The van der Waals surface area contributed by atoms with Crippen LogP contribution in [0.5, 0.6) is 0 Å². The summed E-state index contributed by atoms with van der Waals surface area (Å²) in [6.07, 6.45) is -4.58. The van der Waals surface area contributed by atoms with Crippen molar-refractivity contribution < 1.29 is 18.0 Å². The van der Waals surface area contributed by atoms with Gasteiger partial charge in [-0.3, -0.25) is 9.78 Å². The number of rotatable bonds is 3. The fourth-order valence-electron chi connectivity index (χ4n) is 1.71. The maximum absolute atomic E-state index is 12.7. The fourth-order valence-corrected chi connectivity index (χ4v) is 1.91. The molecule has 1 atom stereocenters. The lowest BCUT2D eigenvalue weighted by atomic mass is 10.1. The number of amides is 1. The van der Waals surface area contributed by atoms with E-state index in [1.165, 1.54) is 6.92 Å². The number of halogens is 4. The Labute approximate surface area is 126 Å². The average molecular weight is 335 g/mol. The molecule has 0 bridgehead atoms. The van der Waals surface area contributed by atoms with Crippen LogP contribution in [0, 0.1) is 0 Å². The molecule has 6 nitrogen and oxygen atoms in total. The van der Waals surface area contributed by atoms with Gasteiger partial charge in [-0.1, -0.05) is 11.6 Å². The standard InChI is InChI=1S/C12H10ClF3N4O2/c1-5(9-18-11(22)20-19-9)17-10(21)7-4-6(12(14,15)16)2-3-8(7)13/h2-5H,1H3,(H,17,21)(H2,18,19,20,22)/t5-/m1/s1. The molecule has 0 unspecified atom stereocenters. The van der Waals surface area contributed by atoms with Crippen LogP contribution in [0.4, 0.5) is 13.2 Å². The summed E-state index contributed by atoms with van der Waals surface area (Å²) in [7, 11) is 0. The van der Waals surface area contributed by atoms with Crippen LogP contribution < -0.4 is 11.0 Å². The topological polar surface area (TPSA) is 90.6 Å². The van der Waals surface area contributed by atoms with E-state index in [4.69, 9.17) is 11.6 Å². The summed E-state index contributed by atoms with van der Waals surface area (Å²) in [5, 5.41) is 8.02. The highest BCUT2D eigenvalue weighted by atomic mass is 35.5. The number of carbonyl (C=O) groups excluding carboxylic acids is 1. The molecule has 0 saturated heterocycles. The minimum atomic E-state index is -4.58. The van der Waals surface area contributed by atoms with Gasteiger partial charge in [-0.25, -0.2) is 9.89 Å². The Morgan fingerprint density at radius 3 is 2.64 bits per heavy atom. The quantitative estimate of drug-likeness (QED) is 0.804. The molecule has 0 saturated carbocycles. The SMILES string of the molecule is C[C@@H](NC(=O)c1cc(C(F)(F)F)ccc1Cl)c1n[nH]c(=O)[nH]1. The highest BCUT2D eigenvalue weighted by molar-refractivity contribution is 6.33. The van der Waals surface area contributed by atoms with Crippen molar-refractivity contribution in [2.75, 3.05) is 0 Å². The molecule has 22 heavy (non-hydrogen) atoms. The van der Waals surface area contributed by atoms with Crippen molar-refractivity contribution in [3.05, 3.63) is 50.7 Å². The second kappa shape index (κ2) is 5.84. The largest absolute Gasteiger partial charge is 0.416 e. The number of nitrogens with zero attached hydrogens (tertiary/aromatic N) is 1. The van der Waals surface area contributed by atoms with Crippen LogP contribution in [0.2, 0.25) is 5.02 Å². The van der Waals surface area contributed by atoms with Crippen LogP contribution in [0.1, 0.15) is 34.7 Å². The number of aromatic nitrogens is 3. The highest BCUT2D eigenvalue weighted by Gasteiger charge is 2.31. The first-order chi connectivity index (χ1) is 10.2. The van der Waals surface area contributed by atoms with Gasteiger partial charge in [-0.15, -0.1) is 0 Å². The Bertz CT molecular complexity index is 753. The second-order valence-corrected chi connectivity index (χ2v) is 4.86. The third kappa shape index (κ3) is 3.48. The predicted molar refractivity (Wildman–Crippen MR) is 71.5 cm³/mol. The van der Waals surface area contributed by atoms with Crippen LogP contribution in [0.3, 0.4) is 0 Å². The van der Waals surface area contributed by atoms with Gasteiger partial charge >= 0.3 is 11.9 Å². The van der Waals surface area contributed by atoms with E-state index < -0.39 is 29.4 Å². The van der Waals surface area contributed by atoms with Crippen molar-refractivity contribution in [3.8, 4) is 0 Å². The summed E-state index contributed by atoms with van der Waals surface area (Å²) < 4.78 is 38.0. The van der Waals surface area contributed by atoms with E-state index in [1.54, 1.807) is 0 Å². The van der Waals surface area contributed by atoms with Gasteiger partial charge in [0.05, 0.1) is 22.2 Å².